The maximum absolute atomic E-state index is 13.1. The fraction of sp³-hybridized carbons (Fsp3) is 0.914. The van der Waals surface area contributed by atoms with Crippen LogP contribution < -0.4 is 26.6 Å². The molecule has 0 aromatic carbocycles. The van der Waals surface area contributed by atoms with Crippen LogP contribution in [0.2, 0.25) is 0 Å². The normalized spacial score (nSPS) is 47.2. The predicted octanol–water partition coefficient (Wildman–Crippen LogP) is -17.7. The van der Waals surface area contributed by atoms with E-state index in [2.05, 4.69) is 26.6 Å². The maximum atomic E-state index is 13.1. The summed E-state index contributed by atoms with van der Waals surface area (Å²) in [5, 5.41) is 246. The predicted molar refractivity (Wildman–Crippen MR) is 322 cm³/mol. The second-order valence-corrected chi connectivity index (χ2v) is 26.1. The largest absolute Gasteiger partial charge is 0.394 e. The molecule has 0 aliphatic carbocycles. The first-order chi connectivity index (χ1) is 49.2. The molecule has 46 nitrogen and oxygen atoms in total. The van der Waals surface area contributed by atoms with Crippen molar-refractivity contribution in [3.63, 3.8) is 0 Å². The maximum Gasteiger partial charge on any atom is 0.217 e. The monoisotopic (exact) mass is 1520 g/mol. The van der Waals surface area contributed by atoms with E-state index in [1.54, 1.807) is 0 Å². The lowest BCUT2D eigenvalue weighted by Gasteiger charge is -2.52. The van der Waals surface area contributed by atoms with Crippen LogP contribution in [0.1, 0.15) is 34.6 Å². The van der Waals surface area contributed by atoms with Crippen LogP contribution in [0.3, 0.4) is 0 Å². The van der Waals surface area contributed by atoms with Gasteiger partial charge in [-0.3, -0.25) is 24.0 Å². The van der Waals surface area contributed by atoms with Gasteiger partial charge >= 0.3 is 0 Å². The van der Waals surface area contributed by atoms with E-state index in [0.29, 0.717) is 0 Å². The van der Waals surface area contributed by atoms with Crippen molar-refractivity contribution in [2.24, 2.45) is 0 Å². The van der Waals surface area contributed by atoms with E-state index in [0.717, 1.165) is 34.6 Å². The number of aliphatic hydroxyl groups is 21. The highest BCUT2D eigenvalue weighted by Crippen LogP contribution is 2.40. The minimum Gasteiger partial charge on any atom is -0.394 e. The number of rotatable bonds is 27. The molecule has 0 aromatic rings. The molecule has 0 saturated carbocycles. The Morgan fingerprint density at radius 2 is 0.510 bits per heavy atom. The fourth-order valence-electron chi connectivity index (χ4n) is 13.4. The van der Waals surface area contributed by atoms with Crippen molar-refractivity contribution in [1.29, 1.82) is 0 Å². The van der Waals surface area contributed by atoms with Gasteiger partial charge in [0.05, 0.1) is 52.9 Å². The summed E-state index contributed by atoms with van der Waals surface area (Å²) in [7, 11) is 0. The Hall–Kier alpha value is -4.09. The Kier molecular flexibility index (Phi) is 30.9. The number of ether oxygens (including phenoxy) is 15. The van der Waals surface area contributed by atoms with E-state index in [1.165, 1.54) is 0 Å². The van der Waals surface area contributed by atoms with Gasteiger partial charge in [-0.15, -0.1) is 0 Å². The van der Waals surface area contributed by atoms with Gasteiger partial charge in [-0.2, -0.15) is 0 Å². The molecular formula is C58H97N5O41. The van der Waals surface area contributed by atoms with Gasteiger partial charge in [-0.05, 0) is 0 Å². The average molecular weight is 1520 g/mol. The molecule has 0 unspecified atom stereocenters. The lowest BCUT2D eigenvalue weighted by Crippen LogP contribution is -2.71. The van der Waals surface area contributed by atoms with Crippen LogP contribution in [-0.4, -0.2) is 435 Å². The highest BCUT2D eigenvalue weighted by atomic mass is 16.8. The third kappa shape index (κ3) is 19.2. The lowest BCUT2D eigenvalue weighted by atomic mass is 9.93. The van der Waals surface area contributed by atoms with Crippen molar-refractivity contribution >= 4 is 29.5 Å². The molecule has 40 atom stereocenters. The summed E-state index contributed by atoms with van der Waals surface area (Å²) in [4.78, 5) is 63.3. The van der Waals surface area contributed by atoms with Gasteiger partial charge < -0.3 is 205 Å². The molecule has 8 fully saturated rings. The third-order valence-electron chi connectivity index (χ3n) is 18.7. The minimum atomic E-state index is -2.65. The minimum absolute atomic E-state index is 0.788. The first kappa shape index (κ1) is 85.5. The standard InChI is InChI=1S/C58H97N5O41/c1-14(71)59-27-40(84)45(24(11-69)91-51(27)89)99-55-31(63-18(5)75)41(85)46(25(12-70)97-55)100-56-44(88)48(102-58-50(43(87)36(80)23(10-68)96-58)104-54-30(62-17(4)74)39(83)34(78)21(8-66)94-54)47(101-52-28(60-15(2)72)37(81)32(76)19(6-64)92-52)26(98-56)13-90-57-49(42(86)35(79)22(9-67)95-57)103-53-29(61-16(3)73)38(82)33(77)20(7-65)93-53/h19-58,64-70,76-89H,6-13H2,1-5H3,(H,59,71)(H,60,72)(H,61,73)(H,62,74)(H,63,75)/t19-,20-,21-,22-,23-,24+,25-,26-,27+,28-,29-,30-,31-,32-,33-,34-,35-,36-,37-,38-,39-,40+,41-,42+,43+,44+,45+,46-,47-,48-,49+,50+,51+,52+,53+,54+,55+,56+,57+,58-/m0/s1. The number of carbonyl (C=O) groups excluding carboxylic acids is 5. The Bertz CT molecular complexity index is 2770. The molecular weight excluding hydrogens is 1420 g/mol. The molecule has 0 radical (unpaired) electrons. The molecule has 46 heteroatoms. The number of amides is 5. The summed E-state index contributed by atoms with van der Waals surface area (Å²) >= 11 is 0. The average Bonchev–Trinajstić information content (AvgIpc) is 0.749. The molecule has 5 amide bonds. The Labute approximate surface area is 589 Å². The van der Waals surface area contributed by atoms with E-state index in [9.17, 15) is 131 Å². The first-order valence-electron chi connectivity index (χ1n) is 33.1. The smallest absolute Gasteiger partial charge is 0.217 e. The van der Waals surface area contributed by atoms with Gasteiger partial charge in [0.2, 0.25) is 29.5 Å². The van der Waals surface area contributed by atoms with Crippen LogP contribution in [0.25, 0.3) is 0 Å². The van der Waals surface area contributed by atoms with Crippen molar-refractivity contribution in [2.45, 2.75) is 280 Å². The van der Waals surface area contributed by atoms with Crippen LogP contribution in [-0.2, 0) is 95.0 Å². The Morgan fingerprint density at radius 3 is 0.885 bits per heavy atom. The molecule has 104 heavy (non-hydrogen) atoms. The molecule has 8 aliphatic rings. The summed E-state index contributed by atoms with van der Waals surface area (Å²) in [5.41, 5.74) is 0. The number of hydrogen-bond acceptors (Lipinski definition) is 41. The fourth-order valence-corrected chi connectivity index (χ4v) is 13.4. The highest BCUT2D eigenvalue weighted by molar-refractivity contribution is 5.75. The molecule has 600 valence electrons. The SMILES string of the molecule is CC(=O)N[C@@H]1[C@@H](O[C@@H]2[C@@H](O[C@@H]3O[C@@H](CO)[C@H](O)[C@@H](O)[C@H]3O[C@H]3O[C@@H](CO)[C@H](O)[C@@H](O)[C@@H]3NC(C)=O)[C@@H](O)[C@@H](O[C@@H]3[C@@H](O)[C@H](NC(C)=O)[C@@H](O[C@H]4[C@H](O)[C@@H](NC(C)=O)[C@H](O)O[C@@H]4CO)O[C@H]3CO)O[C@H]2CO[C@@H]2O[C@@H](CO)[C@H](O)[C@@H](O)[C@H]2O[C@H]2O[C@@H](CO)[C@H](O)[C@@H](O)[C@@H]2NC(C)=O)O[C@@H](CO)[C@H](O)[C@H]1O. The van der Waals surface area contributed by atoms with Gasteiger partial charge in [0.15, 0.2) is 50.3 Å². The summed E-state index contributed by atoms with van der Waals surface area (Å²) in [6, 6.07) is -9.14. The van der Waals surface area contributed by atoms with Gasteiger partial charge in [-0.1, -0.05) is 0 Å². The van der Waals surface area contributed by atoms with Crippen molar-refractivity contribution in [3.8, 4) is 0 Å². The van der Waals surface area contributed by atoms with Gasteiger partial charge in [0.1, 0.15) is 195 Å². The molecule has 0 bridgehead atoms. The lowest BCUT2D eigenvalue weighted by molar-refractivity contribution is -0.407. The topological polar surface area (TPSA) is 709 Å². The van der Waals surface area contributed by atoms with E-state index in [1.807, 2.05) is 0 Å². The number of hydrogen-bond donors (Lipinski definition) is 26. The molecule has 8 heterocycles. The van der Waals surface area contributed by atoms with Crippen molar-refractivity contribution in [2.75, 3.05) is 52.9 Å². The van der Waals surface area contributed by atoms with E-state index < -0.39 is 328 Å². The zero-order valence-corrected chi connectivity index (χ0v) is 56.3. The molecule has 8 rings (SSSR count). The summed E-state index contributed by atoms with van der Waals surface area (Å²) in [6.45, 7) is -4.05. The third-order valence-corrected chi connectivity index (χ3v) is 18.7. The Balaban J connectivity index is 1.27. The molecule has 0 spiro atoms. The van der Waals surface area contributed by atoms with Crippen molar-refractivity contribution in [1.82, 2.24) is 26.6 Å². The van der Waals surface area contributed by atoms with Crippen LogP contribution in [0.15, 0.2) is 0 Å². The number of aliphatic hydroxyl groups excluding tert-OH is 21. The van der Waals surface area contributed by atoms with Gasteiger partial charge in [0.25, 0.3) is 0 Å². The number of nitrogens with one attached hydrogen (secondary N) is 5. The van der Waals surface area contributed by atoms with Gasteiger partial charge in [-0.25, -0.2) is 0 Å². The van der Waals surface area contributed by atoms with E-state index >= 15 is 0 Å². The summed E-state index contributed by atoms with van der Waals surface area (Å²) in [6.07, 6.45) is -73.7. The summed E-state index contributed by atoms with van der Waals surface area (Å²) < 4.78 is 91.3. The van der Waals surface area contributed by atoms with Gasteiger partial charge in [0, 0.05) is 34.6 Å². The van der Waals surface area contributed by atoms with E-state index in [4.69, 9.17) is 71.1 Å². The second-order valence-electron chi connectivity index (χ2n) is 26.1. The van der Waals surface area contributed by atoms with Crippen molar-refractivity contribution < 1.29 is 202 Å². The van der Waals surface area contributed by atoms with Crippen LogP contribution in [0.5, 0.6) is 0 Å². The zero-order chi connectivity index (χ0) is 76.8. The first-order valence-corrected chi connectivity index (χ1v) is 33.1. The van der Waals surface area contributed by atoms with Crippen LogP contribution >= 0.6 is 0 Å². The van der Waals surface area contributed by atoms with Crippen molar-refractivity contribution in [3.05, 3.63) is 0 Å². The number of carbonyl (C=O) groups is 5. The second kappa shape index (κ2) is 37.5. The Morgan fingerprint density at radius 1 is 0.250 bits per heavy atom. The zero-order valence-electron chi connectivity index (χ0n) is 56.3. The summed E-state index contributed by atoms with van der Waals surface area (Å²) in [5.74, 6) is -4.43. The molecule has 8 saturated heterocycles. The quantitative estimate of drug-likeness (QED) is 0.0363. The molecule has 0 aromatic heterocycles. The molecule has 26 N–H and O–H groups in total. The van der Waals surface area contributed by atoms with Crippen LogP contribution in [0.4, 0.5) is 0 Å². The highest BCUT2D eigenvalue weighted by Gasteiger charge is 2.61. The van der Waals surface area contributed by atoms with Crippen LogP contribution in [0, 0.1) is 0 Å². The van der Waals surface area contributed by atoms with E-state index in [-0.39, 0.29) is 0 Å². The molecule has 8 aliphatic heterocycles.